The SMILES string of the molecule is COC1CCC(Oc2cc(F)ccc2Cc2ncnc3cc(N=S(C)(C)=O)cc(C)c23)CC1. The molecule has 0 saturated heterocycles. The smallest absolute Gasteiger partial charge is 0.126 e. The molecule has 8 heteroatoms. The summed E-state index contributed by atoms with van der Waals surface area (Å²) in [6, 6.07) is 8.41. The molecule has 6 nitrogen and oxygen atoms in total. The van der Waals surface area contributed by atoms with E-state index in [1.165, 1.54) is 18.5 Å². The maximum atomic E-state index is 14.1. The quantitative estimate of drug-likeness (QED) is 0.484. The van der Waals surface area contributed by atoms with E-state index in [0.717, 1.165) is 53.4 Å². The molecule has 1 saturated carbocycles. The van der Waals surface area contributed by atoms with Crippen LogP contribution in [-0.4, -0.2) is 46.0 Å². The van der Waals surface area contributed by atoms with E-state index in [0.29, 0.717) is 17.9 Å². The van der Waals surface area contributed by atoms with Gasteiger partial charge in [0.25, 0.3) is 0 Å². The van der Waals surface area contributed by atoms with Crippen LogP contribution in [0.15, 0.2) is 41.0 Å². The highest BCUT2D eigenvalue weighted by Gasteiger charge is 2.23. The summed E-state index contributed by atoms with van der Waals surface area (Å²) in [6.07, 6.45) is 9.19. The van der Waals surface area contributed by atoms with Gasteiger partial charge in [0.05, 0.1) is 29.1 Å². The van der Waals surface area contributed by atoms with Crippen molar-refractivity contribution in [3.8, 4) is 5.75 Å². The van der Waals surface area contributed by atoms with Gasteiger partial charge in [0.2, 0.25) is 0 Å². The van der Waals surface area contributed by atoms with Crippen molar-refractivity contribution in [1.82, 2.24) is 9.97 Å². The van der Waals surface area contributed by atoms with E-state index >= 15 is 0 Å². The Bertz CT molecular complexity index is 1270. The summed E-state index contributed by atoms with van der Waals surface area (Å²) in [5.74, 6) is 0.237. The van der Waals surface area contributed by atoms with Crippen molar-refractivity contribution in [3.05, 3.63) is 59.3 Å². The van der Waals surface area contributed by atoms with Gasteiger partial charge in [-0.1, -0.05) is 6.07 Å². The number of ether oxygens (including phenoxy) is 2. The summed E-state index contributed by atoms with van der Waals surface area (Å²) in [5, 5.41) is 0.922. The van der Waals surface area contributed by atoms with Crippen molar-refractivity contribution in [2.75, 3.05) is 19.6 Å². The maximum Gasteiger partial charge on any atom is 0.126 e. The van der Waals surface area contributed by atoms with E-state index in [1.807, 2.05) is 19.1 Å². The van der Waals surface area contributed by atoms with E-state index in [9.17, 15) is 8.60 Å². The predicted molar refractivity (Wildman–Crippen MR) is 129 cm³/mol. The summed E-state index contributed by atoms with van der Waals surface area (Å²) in [6.45, 7) is 1.97. The molecule has 0 amide bonds. The number of benzene rings is 2. The summed E-state index contributed by atoms with van der Waals surface area (Å²) in [7, 11) is -0.538. The second-order valence-corrected chi connectivity index (χ2v) is 11.5. The molecule has 0 radical (unpaired) electrons. The molecule has 1 heterocycles. The van der Waals surface area contributed by atoms with Crippen LogP contribution >= 0.6 is 0 Å². The van der Waals surface area contributed by atoms with Gasteiger partial charge in [0.15, 0.2) is 0 Å². The minimum atomic E-state index is -2.28. The first-order chi connectivity index (χ1) is 15.7. The second kappa shape index (κ2) is 9.73. The molecular weight excluding hydrogens is 441 g/mol. The lowest BCUT2D eigenvalue weighted by molar-refractivity contribution is 0.0324. The van der Waals surface area contributed by atoms with Crippen LogP contribution in [0.1, 0.15) is 42.5 Å². The van der Waals surface area contributed by atoms with Crippen LogP contribution in [0.3, 0.4) is 0 Å². The average Bonchev–Trinajstić information content (AvgIpc) is 2.75. The minimum absolute atomic E-state index is 0.0444. The zero-order chi connectivity index (χ0) is 23.6. The van der Waals surface area contributed by atoms with Gasteiger partial charge in [-0.25, -0.2) is 18.6 Å². The molecule has 1 aliphatic rings. The molecule has 3 aromatic rings. The molecule has 0 N–H and O–H groups in total. The molecule has 0 atom stereocenters. The van der Waals surface area contributed by atoms with E-state index in [1.54, 1.807) is 25.7 Å². The van der Waals surface area contributed by atoms with Crippen LogP contribution in [0.2, 0.25) is 0 Å². The Morgan fingerprint density at radius 3 is 2.52 bits per heavy atom. The largest absolute Gasteiger partial charge is 0.490 e. The fraction of sp³-hybridized carbons (Fsp3) is 0.440. The van der Waals surface area contributed by atoms with E-state index in [2.05, 4.69) is 14.3 Å². The molecule has 4 rings (SSSR count). The highest BCUT2D eigenvalue weighted by atomic mass is 32.2. The number of nitrogens with zero attached hydrogens (tertiary/aromatic N) is 3. The average molecular weight is 472 g/mol. The molecular formula is C25H30FN3O3S. The molecule has 2 aromatic carbocycles. The van der Waals surface area contributed by atoms with Crippen LogP contribution in [0.4, 0.5) is 10.1 Å². The van der Waals surface area contributed by atoms with Crippen molar-refractivity contribution in [3.63, 3.8) is 0 Å². The van der Waals surface area contributed by atoms with Gasteiger partial charge in [0, 0.05) is 52.8 Å². The third-order valence-electron chi connectivity index (χ3n) is 5.96. The van der Waals surface area contributed by atoms with E-state index < -0.39 is 9.73 Å². The highest BCUT2D eigenvalue weighted by molar-refractivity contribution is 7.92. The molecule has 0 spiro atoms. The Balaban J connectivity index is 1.65. The van der Waals surface area contributed by atoms with Gasteiger partial charge < -0.3 is 9.47 Å². The number of fused-ring (bicyclic) bond motifs is 1. The van der Waals surface area contributed by atoms with E-state index in [4.69, 9.17) is 9.47 Å². The Labute approximate surface area is 194 Å². The molecule has 33 heavy (non-hydrogen) atoms. The van der Waals surface area contributed by atoms with Crippen LogP contribution in [-0.2, 0) is 20.9 Å². The topological polar surface area (TPSA) is 73.7 Å². The normalized spacial score (nSPS) is 18.9. The van der Waals surface area contributed by atoms with Crippen molar-refractivity contribution < 1.29 is 18.1 Å². The Hall–Kier alpha value is -2.58. The Morgan fingerprint density at radius 2 is 1.82 bits per heavy atom. The third-order valence-corrected chi connectivity index (χ3v) is 6.61. The molecule has 0 unspecified atom stereocenters. The van der Waals surface area contributed by atoms with Crippen molar-refractivity contribution in [2.24, 2.45) is 4.36 Å². The first kappa shape index (κ1) is 23.6. The second-order valence-electron chi connectivity index (χ2n) is 8.93. The lowest BCUT2D eigenvalue weighted by atomic mass is 9.94. The zero-order valence-electron chi connectivity index (χ0n) is 19.5. The number of aryl methyl sites for hydroxylation is 1. The van der Waals surface area contributed by atoms with Gasteiger partial charge in [-0.05, 0) is 56.4 Å². The van der Waals surface area contributed by atoms with E-state index in [-0.39, 0.29) is 18.0 Å². The highest BCUT2D eigenvalue weighted by Crippen LogP contribution is 2.32. The molecule has 0 aliphatic heterocycles. The van der Waals surface area contributed by atoms with Gasteiger partial charge in [-0.3, -0.25) is 0 Å². The first-order valence-electron chi connectivity index (χ1n) is 11.1. The van der Waals surface area contributed by atoms with Crippen LogP contribution < -0.4 is 4.74 Å². The molecule has 1 fully saturated rings. The number of methoxy groups -OCH3 is 1. The zero-order valence-corrected chi connectivity index (χ0v) is 20.3. The summed E-state index contributed by atoms with van der Waals surface area (Å²) in [4.78, 5) is 8.95. The molecule has 0 bridgehead atoms. The fourth-order valence-electron chi connectivity index (χ4n) is 4.42. The van der Waals surface area contributed by atoms with Gasteiger partial charge >= 0.3 is 0 Å². The number of hydrogen-bond acceptors (Lipinski definition) is 6. The summed E-state index contributed by atoms with van der Waals surface area (Å²) in [5.41, 5.74) is 4.04. The third kappa shape index (κ3) is 5.86. The van der Waals surface area contributed by atoms with Crippen molar-refractivity contribution in [2.45, 2.75) is 51.2 Å². The van der Waals surface area contributed by atoms with Crippen LogP contribution in [0, 0.1) is 12.7 Å². The van der Waals surface area contributed by atoms with Crippen LogP contribution in [0.5, 0.6) is 5.75 Å². The van der Waals surface area contributed by atoms with Gasteiger partial charge in [-0.15, -0.1) is 0 Å². The van der Waals surface area contributed by atoms with Crippen LogP contribution in [0.25, 0.3) is 10.9 Å². The monoisotopic (exact) mass is 471 g/mol. The summed E-state index contributed by atoms with van der Waals surface area (Å²) >= 11 is 0. The lowest BCUT2D eigenvalue weighted by Gasteiger charge is -2.28. The number of hydrogen-bond donors (Lipinski definition) is 0. The first-order valence-corrected chi connectivity index (χ1v) is 13.4. The fourth-order valence-corrected chi connectivity index (χ4v) is 5.04. The molecule has 176 valence electrons. The van der Waals surface area contributed by atoms with Gasteiger partial charge in [0.1, 0.15) is 17.9 Å². The maximum absolute atomic E-state index is 14.1. The molecule has 1 aliphatic carbocycles. The minimum Gasteiger partial charge on any atom is -0.490 e. The lowest BCUT2D eigenvalue weighted by Crippen LogP contribution is -2.28. The standard InChI is InChI=1S/C25H30FN3O3S/c1-16-11-19(29-33(3,4)30)14-23-25(16)22(27-15-28-23)12-17-5-6-18(26)13-24(17)32-21-9-7-20(31-2)8-10-21/h5-6,11,13-15,20-21H,7-10,12H2,1-4H3. The number of aromatic nitrogens is 2. The van der Waals surface area contributed by atoms with Gasteiger partial charge in [-0.2, -0.15) is 4.36 Å². The number of halogens is 1. The molecule has 1 aromatic heterocycles. The summed E-state index contributed by atoms with van der Waals surface area (Å²) < 4.78 is 42.2. The number of rotatable bonds is 6. The Morgan fingerprint density at radius 1 is 1.09 bits per heavy atom. The van der Waals surface area contributed by atoms with Crippen molar-refractivity contribution in [1.29, 1.82) is 0 Å². The van der Waals surface area contributed by atoms with Crippen molar-refractivity contribution >= 4 is 26.3 Å². The Kier molecular flexibility index (Phi) is 6.95. The predicted octanol–water partition coefficient (Wildman–Crippen LogP) is 5.36.